The molecule has 0 amide bonds. The van der Waals surface area contributed by atoms with Crippen molar-refractivity contribution in [3.63, 3.8) is 0 Å². The first-order valence-electron chi connectivity index (χ1n) is 18.4. The number of rotatable bonds is 22. The number of carbonyl (C=O) groups is 2. The summed E-state index contributed by atoms with van der Waals surface area (Å²) in [6.45, 7) is 4.52. The molecule has 0 radical (unpaired) electrons. The van der Waals surface area contributed by atoms with Crippen LogP contribution in [0.4, 0.5) is 0 Å². The van der Waals surface area contributed by atoms with Crippen LogP contribution in [0.1, 0.15) is 141 Å². The summed E-state index contributed by atoms with van der Waals surface area (Å²) in [7, 11) is 0. The molecule has 0 atom stereocenters. The quantitative estimate of drug-likeness (QED) is 0.0523. The molecule has 4 aromatic heterocycles. The van der Waals surface area contributed by atoms with Crippen molar-refractivity contribution in [3.8, 4) is 20.9 Å². The van der Waals surface area contributed by atoms with Crippen molar-refractivity contribution in [2.45, 2.75) is 104 Å². The van der Waals surface area contributed by atoms with Crippen molar-refractivity contribution in [1.29, 1.82) is 0 Å². The van der Waals surface area contributed by atoms with Gasteiger partial charge in [-0.15, -0.1) is 45.3 Å². The molecule has 2 nitrogen and oxygen atoms in total. The largest absolute Gasteiger partial charge is 0.298 e. The zero-order valence-corrected chi connectivity index (χ0v) is 32.9. The number of carbonyl (C=O) groups excluding carboxylic acids is 2. The van der Waals surface area contributed by atoms with Crippen LogP contribution in [0.2, 0.25) is 0 Å². The fourth-order valence-electron chi connectivity index (χ4n) is 6.15. The molecule has 1 aromatic carbocycles. The standard InChI is InChI=1S/C44H50O2S4/c1-3-5-7-9-11-13-15-35-17-19-37(47-35)21-23-39-25-27-43(49-39)41-29-34(32-46)42(30-33(41)31-45)44-28-26-40(50-44)24-22-38-20-18-36(48-38)16-14-12-10-8-6-4-2/h17-32H,3-16H2,1-2H3/b23-21+,24-22+. The van der Waals surface area contributed by atoms with Crippen LogP contribution >= 0.6 is 45.3 Å². The highest BCUT2D eigenvalue weighted by Crippen LogP contribution is 2.38. The van der Waals surface area contributed by atoms with Crippen LogP contribution < -0.4 is 0 Å². The minimum atomic E-state index is 0.600. The van der Waals surface area contributed by atoms with E-state index in [2.05, 4.69) is 86.7 Å². The van der Waals surface area contributed by atoms with Crippen molar-refractivity contribution >= 4 is 82.2 Å². The predicted octanol–water partition coefficient (Wildman–Crippen LogP) is 15.0. The lowest BCUT2D eigenvalue weighted by Crippen LogP contribution is -1.93. The van der Waals surface area contributed by atoms with E-state index in [0.29, 0.717) is 11.1 Å². The fourth-order valence-corrected chi connectivity index (χ4v) is 9.97. The van der Waals surface area contributed by atoms with Gasteiger partial charge in [-0.2, -0.15) is 0 Å². The molecule has 5 rings (SSSR count). The second-order valence-corrected chi connectivity index (χ2v) is 17.6. The number of aldehydes is 2. The van der Waals surface area contributed by atoms with Crippen molar-refractivity contribution in [1.82, 2.24) is 0 Å². The maximum absolute atomic E-state index is 12.3. The van der Waals surface area contributed by atoms with Gasteiger partial charge >= 0.3 is 0 Å². The van der Waals surface area contributed by atoms with Crippen LogP contribution in [0.5, 0.6) is 0 Å². The molecule has 0 aliphatic heterocycles. The third kappa shape index (κ3) is 11.4. The summed E-state index contributed by atoms with van der Waals surface area (Å²) in [5, 5.41) is 0. The molecule has 0 spiro atoms. The van der Waals surface area contributed by atoms with Gasteiger partial charge in [0.05, 0.1) is 0 Å². The molecule has 6 heteroatoms. The highest BCUT2D eigenvalue weighted by Gasteiger charge is 2.15. The van der Waals surface area contributed by atoms with Crippen molar-refractivity contribution in [2.75, 3.05) is 0 Å². The SMILES string of the molecule is CCCCCCCCc1ccc(/C=C/c2ccc(-c3cc(C=O)c(-c4ccc(/C=C/c5ccc(CCCCCCCC)s5)s4)cc3C=O)s2)s1. The van der Waals surface area contributed by atoms with Gasteiger partial charge in [-0.25, -0.2) is 0 Å². The monoisotopic (exact) mass is 738 g/mol. The Hall–Kier alpha value is -3.16. The lowest BCUT2D eigenvalue weighted by Gasteiger charge is -2.09. The second kappa shape index (κ2) is 20.6. The number of hydrogen-bond donors (Lipinski definition) is 0. The first-order chi connectivity index (χ1) is 24.6. The maximum atomic E-state index is 12.3. The van der Waals surface area contributed by atoms with Crippen molar-refractivity contribution in [2.24, 2.45) is 0 Å². The maximum Gasteiger partial charge on any atom is 0.150 e. The topological polar surface area (TPSA) is 34.1 Å². The number of hydrogen-bond acceptors (Lipinski definition) is 6. The molecule has 0 aliphatic carbocycles. The third-order valence-corrected chi connectivity index (χ3v) is 13.4. The smallest absolute Gasteiger partial charge is 0.150 e. The highest BCUT2D eigenvalue weighted by molar-refractivity contribution is 7.17. The van der Waals surface area contributed by atoms with Gasteiger partial charge < -0.3 is 0 Å². The Morgan fingerprint density at radius 1 is 0.440 bits per heavy atom. The lowest BCUT2D eigenvalue weighted by molar-refractivity contribution is 0.111. The van der Waals surface area contributed by atoms with Crippen molar-refractivity contribution in [3.05, 3.63) is 101 Å². The van der Waals surface area contributed by atoms with Crippen molar-refractivity contribution < 1.29 is 9.59 Å². The van der Waals surface area contributed by atoms with Gasteiger partial charge in [0, 0.05) is 61.3 Å². The average molecular weight is 739 g/mol. The first-order valence-corrected chi connectivity index (χ1v) is 21.7. The third-order valence-electron chi connectivity index (χ3n) is 9.00. The Morgan fingerprint density at radius 3 is 1.20 bits per heavy atom. The molecule has 262 valence electrons. The second-order valence-electron chi connectivity index (χ2n) is 13.0. The summed E-state index contributed by atoms with van der Waals surface area (Å²) in [4.78, 5) is 34.3. The minimum Gasteiger partial charge on any atom is -0.298 e. The molecule has 0 saturated carbocycles. The molecule has 50 heavy (non-hydrogen) atoms. The molecule has 4 heterocycles. The van der Waals surface area contributed by atoms with E-state index in [0.717, 1.165) is 56.0 Å². The molecule has 0 unspecified atom stereocenters. The number of aryl methyl sites for hydroxylation is 2. The molecule has 0 fully saturated rings. The fraction of sp³-hybridized carbons (Fsp3) is 0.364. The van der Waals surface area contributed by atoms with E-state index in [1.807, 2.05) is 34.8 Å². The summed E-state index contributed by atoms with van der Waals surface area (Å²) >= 11 is 7.03. The molecule has 0 N–H and O–H groups in total. The Morgan fingerprint density at radius 2 is 0.800 bits per heavy atom. The van der Waals surface area contributed by atoms with Gasteiger partial charge in [0.1, 0.15) is 0 Å². The summed E-state index contributed by atoms with van der Waals surface area (Å²) in [5.74, 6) is 0. The Bertz CT molecular complexity index is 1710. The average Bonchev–Trinajstić information content (AvgIpc) is 3.97. The van der Waals surface area contributed by atoms with Crippen LogP contribution in [0.25, 0.3) is 45.2 Å². The van der Waals surface area contributed by atoms with Crippen LogP contribution in [0, 0.1) is 0 Å². The van der Waals surface area contributed by atoms with Crippen LogP contribution in [-0.4, -0.2) is 12.6 Å². The Labute approximate surface area is 315 Å². The summed E-state index contributed by atoms with van der Waals surface area (Å²) in [6.07, 6.45) is 28.7. The van der Waals surface area contributed by atoms with Gasteiger partial charge in [-0.05, 0) is 111 Å². The van der Waals surface area contributed by atoms with E-state index in [1.54, 1.807) is 22.7 Å². The molecule has 0 saturated heterocycles. The van der Waals surface area contributed by atoms with E-state index < -0.39 is 0 Å². The van der Waals surface area contributed by atoms with Crippen LogP contribution in [0.3, 0.4) is 0 Å². The summed E-state index contributed by atoms with van der Waals surface area (Å²) < 4.78 is 0. The summed E-state index contributed by atoms with van der Waals surface area (Å²) in [6, 6.07) is 21.0. The normalized spacial score (nSPS) is 11.7. The molecular weight excluding hydrogens is 689 g/mol. The lowest BCUT2D eigenvalue weighted by atomic mass is 9.97. The first kappa shape index (κ1) is 38.1. The minimum absolute atomic E-state index is 0.600. The van der Waals surface area contributed by atoms with E-state index in [-0.39, 0.29) is 0 Å². The Kier molecular flexibility index (Phi) is 15.7. The number of unbranched alkanes of at least 4 members (excludes halogenated alkanes) is 10. The highest BCUT2D eigenvalue weighted by atomic mass is 32.1. The van der Waals surface area contributed by atoms with Crippen LogP contribution in [0.15, 0.2) is 60.7 Å². The van der Waals surface area contributed by atoms with E-state index >= 15 is 0 Å². The van der Waals surface area contributed by atoms with Gasteiger partial charge in [0.2, 0.25) is 0 Å². The van der Waals surface area contributed by atoms with E-state index in [4.69, 9.17) is 0 Å². The Balaban J connectivity index is 1.20. The zero-order valence-electron chi connectivity index (χ0n) is 29.6. The molecule has 0 bridgehead atoms. The number of benzene rings is 1. The van der Waals surface area contributed by atoms with Gasteiger partial charge in [-0.1, -0.05) is 78.1 Å². The van der Waals surface area contributed by atoms with Gasteiger partial charge in [0.25, 0.3) is 0 Å². The molecular formula is C44H50O2S4. The molecule has 0 aliphatic rings. The van der Waals surface area contributed by atoms with Crippen LogP contribution in [-0.2, 0) is 12.8 Å². The van der Waals surface area contributed by atoms with E-state index in [9.17, 15) is 9.59 Å². The van der Waals surface area contributed by atoms with E-state index in [1.165, 1.54) is 96.6 Å². The summed E-state index contributed by atoms with van der Waals surface area (Å²) in [5.41, 5.74) is 2.81. The molecule has 5 aromatic rings. The zero-order chi connectivity index (χ0) is 35.0. The number of thiophene rings is 4. The predicted molar refractivity (Wildman–Crippen MR) is 224 cm³/mol. The van der Waals surface area contributed by atoms with Gasteiger partial charge in [0.15, 0.2) is 12.6 Å². The van der Waals surface area contributed by atoms with Gasteiger partial charge in [-0.3, -0.25) is 9.59 Å².